The number of thioether (sulfide) groups is 1. The fourth-order valence-corrected chi connectivity index (χ4v) is 4.54. The molecule has 0 bridgehead atoms. The van der Waals surface area contributed by atoms with Crippen LogP contribution in [0.25, 0.3) is 21.5 Å². The fourth-order valence-electron chi connectivity index (χ4n) is 2.60. The molecule has 0 aliphatic carbocycles. The molecule has 0 spiro atoms. The van der Waals surface area contributed by atoms with E-state index in [1.54, 1.807) is 0 Å². The van der Waals surface area contributed by atoms with Gasteiger partial charge in [0.05, 0.1) is 5.75 Å². The number of benzene rings is 2. The minimum Gasteiger partial charge on any atom is -0.293 e. The molecule has 0 amide bonds. The summed E-state index contributed by atoms with van der Waals surface area (Å²) in [6.07, 6.45) is 1.52. The summed E-state index contributed by atoms with van der Waals surface area (Å²) in [5.74, 6) is 0.401. The summed E-state index contributed by atoms with van der Waals surface area (Å²) in [7, 11) is 0. The average Bonchev–Trinajstić information content (AvgIpc) is 3.12. The number of carbonyl (C=O) groups excluding carboxylic acids is 1. The van der Waals surface area contributed by atoms with Crippen molar-refractivity contribution >= 4 is 50.9 Å². The molecule has 4 rings (SSSR count). The maximum atomic E-state index is 12.4. The summed E-state index contributed by atoms with van der Waals surface area (Å²) < 4.78 is 5.44. The van der Waals surface area contributed by atoms with Gasteiger partial charge in [-0.2, -0.15) is 4.37 Å². The monoisotopic (exact) mass is 411 g/mol. The van der Waals surface area contributed by atoms with E-state index in [0.717, 1.165) is 32.1 Å². The van der Waals surface area contributed by atoms with Crippen molar-refractivity contribution in [2.24, 2.45) is 0 Å². The highest BCUT2D eigenvalue weighted by molar-refractivity contribution is 8.00. The Hall–Kier alpha value is -2.28. The Kier molecular flexibility index (Phi) is 5.20. The van der Waals surface area contributed by atoms with Gasteiger partial charge in [0.2, 0.25) is 0 Å². The second kappa shape index (κ2) is 7.76. The number of aryl methyl sites for hydroxylation is 1. The van der Waals surface area contributed by atoms with E-state index in [2.05, 4.69) is 14.3 Å². The first-order valence-electron chi connectivity index (χ1n) is 8.21. The van der Waals surface area contributed by atoms with E-state index in [1.807, 2.05) is 55.5 Å². The van der Waals surface area contributed by atoms with Gasteiger partial charge in [-0.05, 0) is 30.6 Å². The number of hydrogen-bond donors (Lipinski definition) is 0. The Morgan fingerprint density at radius 1 is 1.07 bits per heavy atom. The second-order valence-electron chi connectivity index (χ2n) is 5.97. The quantitative estimate of drug-likeness (QED) is 0.240. The highest BCUT2D eigenvalue weighted by Gasteiger charge is 2.16. The van der Waals surface area contributed by atoms with Crippen molar-refractivity contribution in [2.45, 2.75) is 11.9 Å². The lowest BCUT2D eigenvalue weighted by molar-refractivity contribution is 0.102. The highest BCUT2D eigenvalue weighted by atomic mass is 35.5. The van der Waals surface area contributed by atoms with E-state index in [1.165, 1.54) is 29.6 Å². The topological polar surface area (TPSA) is 55.7 Å². The van der Waals surface area contributed by atoms with E-state index in [9.17, 15) is 4.79 Å². The van der Waals surface area contributed by atoms with E-state index in [-0.39, 0.29) is 5.78 Å². The number of Topliss-reactive ketones (excluding diaryl/α,β-unsaturated/α-hetero) is 1. The normalized spacial score (nSPS) is 11.0. The molecule has 27 heavy (non-hydrogen) atoms. The lowest BCUT2D eigenvalue weighted by Gasteiger charge is -2.03. The number of halogens is 1. The molecule has 0 atom stereocenters. The van der Waals surface area contributed by atoms with Crippen molar-refractivity contribution in [1.82, 2.24) is 14.3 Å². The molecule has 0 saturated heterocycles. The molecule has 4 nitrogen and oxygen atoms in total. The van der Waals surface area contributed by atoms with Crippen molar-refractivity contribution < 1.29 is 4.79 Å². The smallest absolute Gasteiger partial charge is 0.173 e. The van der Waals surface area contributed by atoms with Gasteiger partial charge < -0.3 is 0 Å². The zero-order valence-corrected chi connectivity index (χ0v) is 16.7. The molecule has 0 saturated carbocycles. The van der Waals surface area contributed by atoms with Gasteiger partial charge in [0.15, 0.2) is 5.78 Å². The molecular formula is C20H14ClN3OS2. The van der Waals surface area contributed by atoms with Crippen LogP contribution in [0.15, 0.2) is 59.9 Å². The number of aromatic nitrogens is 3. The van der Waals surface area contributed by atoms with Crippen LogP contribution in [0.4, 0.5) is 0 Å². The van der Waals surface area contributed by atoms with Gasteiger partial charge in [0.25, 0.3) is 0 Å². The molecule has 0 radical (unpaired) electrons. The first-order valence-corrected chi connectivity index (χ1v) is 10.3. The summed E-state index contributed by atoms with van der Waals surface area (Å²) in [4.78, 5) is 21.2. The van der Waals surface area contributed by atoms with Crippen LogP contribution in [0, 0.1) is 6.92 Å². The third kappa shape index (κ3) is 3.88. The van der Waals surface area contributed by atoms with Crippen molar-refractivity contribution in [2.75, 3.05) is 5.75 Å². The van der Waals surface area contributed by atoms with Crippen LogP contribution in [0.3, 0.4) is 0 Å². The van der Waals surface area contributed by atoms with Crippen LogP contribution in [-0.4, -0.2) is 25.9 Å². The Labute approximate surface area is 169 Å². The molecule has 0 aliphatic heterocycles. The second-order valence-corrected chi connectivity index (χ2v) is 8.15. The Balaban J connectivity index is 1.58. The van der Waals surface area contributed by atoms with E-state index in [4.69, 9.17) is 11.6 Å². The highest BCUT2D eigenvalue weighted by Crippen LogP contribution is 2.34. The molecule has 2 heterocycles. The third-order valence-electron chi connectivity index (χ3n) is 4.05. The predicted molar refractivity (Wildman–Crippen MR) is 112 cm³/mol. The Morgan fingerprint density at radius 3 is 2.56 bits per heavy atom. The lowest BCUT2D eigenvalue weighted by atomic mass is 10.1. The van der Waals surface area contributed by atoms with Crippen LogP contribution in [0.2, 0.25) is 5.02 Å². The SMILES string of the molecule is Cc1ccc(C(=O)CSc2ncnc3c(-c4ccc(Cl)cc4)nsc23)cc1. The zero-order chi connectivity index (χ0) is 18.8. The summed E-state index contributed by atoms with van der Waals surface area (Å²) in [5.41, 5.74) is 4.40. The van der Waals surface area contributed by atoms with Crippen LogP contribution >= 0.6 is 34.9 Å². The van der Waals surface area contributed by atoms with Crippen LogP contribution in [0.5, 0.6) is 0 Å². The molecule has 0 fully saturated rings. The average molecular weight is 412 g/mol. The van der Waals surface area contributed by atoms with Gasteiger partial charge in [-0.25, -0.2) is 9.97 Å². The number of carbonyl (C=O) groups is 1. The molecule has 2 aromatic heterocycles. The molecule has 2 aromatic carbocycles. The third-order valence-corrected chi connectivity index (χ3v) is 6.27. The number of rotatable bonds is 5. The van der Waals surface area contributed by atoms with Gasteiger partial charge in [0, 0.05) is 16.1 Å². The van der Waals surface area contributed by atoms with Crippen LogP contribution in [0.1, 0.15) is 15.9 Å². The van der Waals surface area contributed by atoms with Crippen molar-refractivity contribution in [3.05, 3.63) is 71.0 Å². The first-order chi connectivity index (χ1) is 13.1. The Morgan fingerprint density at radius 2 is 1.81 bits per heavy atom. The van der Waals surface area contributed by atoms with Gasteiger partial charge in [-0.3, -0.25) is 4.79 Å². The largest absolute Gasteiger partial charge is 0.293 e. The van der Waals surface area contributed by atoms with Gasteiger partial charge >= 0.3 is 0 Å². The Bertz CT molecular complexity index is 1110. The van der Waals surface area contributed by atoms with Gasteiger partial charge in [0.1, 0.15) is 27.3 Å². The lowest BCUT2D eigenvalue weighted by Crippen LogP contribution is -2.02. The first kappa shape index (κ1) is 18.1. The van der Waals surface area contributed by atoms with Crippen molar-refractivity contribution in [1.29, 1.82) is 0 Å². The molecule has 0 unspecified atom stereocenters. The van der Waals surface area contributed by atoms with Crippen molar-refractivity contribution in [3.63, 3.8) is 0 Å². The maximum Gasteiger partial charge on any atom is 0.173 e. The summed E-state index contributed by atoms with van der Waals surface area (Å²) in [6.45, 7) is 2.00. The van der Waals surface area contributed by atoms with Gasteiger partial charge in [-0.1, -0.05) is 65.3 Å². The van der Waals surface area contributed by atoms with Crippen LogP contribution < -0.4 is 0 Å². The minimum absolute atomic E-state index is 0.0780. The van der Waals surface area contributed by atoms with E-state index < -0.39 is 0 Å². The number of hydrogen-bond acceptors (Lipinski definition) is 6. The molecular weight excluding hydrogens is 398 g/mol. The zero-order valence-electron chi connectivity index (χ0n) is 14.3. The van der Waals surface area contributed by atoms with Gasteiger partial charge in [-0.15, -0.1) is 0 Å². The predicted octanol–water partition coefficient (Wildman–Crippen LogP) is 5.69. The fraction of sp³-hybridized carbons (Fsp3) is 0.100. The summed E-state index contributed by atoms with van der Waals surface area (Å²) >= 11 is 8.73. The van der Waals surface area contributed by atoms with E-state index in [0.29, 0.717) is 16.3 Å². The molecule has 0 aliphatic rings. The standard InChI is InChI=1S/C20H14ClN3OS2/c1-12-2-4-13(5-3-12)16(25)10-26-20-19-18(22-11-23-20)17(24-27-19)14-6-8-15(21)9-7-14/h2-9,11H,10H2,1H3. The molecule has 134 valence electrons. The maximum absolute atomic E-state index is 12.4. The molecule has 4 aromatic rings. The molecule has 7 heteroatoms. The summed E-state index contributed by atoms with van der Waals surface area (Å²) in [6, 6.07) is 15.1. The minimum atomic E-state index is 0.0780. The molecule has 0 N–H and O–H groups in total. The number of fused-ring (bicyclic) bond motifs is 1. The van der Waals surface area contributed by atoms with Crippen molar-refractivity contribution in [3.8, 4) is 11.3 Å². The summed E-state index contributed by atoms with van der Waals surface area (Å²) in [5, 5.41) is 1.46. The van der Waals surface area contributed by atoms with Crippen LogP contribution in [-0.2, 0) is 0 Å². The van der Waals surface area contributed by atoms with E-state index >= 15 is 0 Å². The number of ketones is 1. The number of nitrogens with zero attached hydrogens (tertiary/aromatic N) is 3.